The number of anilines is 1. The highest BCUT2D eigenvalue weighted by atomic mass is 19.1. The molecule has 0 radical (unpaired) electrons. The fourth-order valence-electron chi connectivity index (χ4n) is 4.38. The highest BCUT2D eigenvalue weighted by molar-refractivity contribution is 5.83. The Kier molecular flexibility index (Phi) is 5.87. The van der Waals surface area contributed by atoms with E-state index in [1.165, 1.54) is 38.2 Å². The van der Waals surface area contributed by atoms with Crippen LogP contribution in [-0.2, 0) is 4.79 Å². The first kappa shape index (κ1) is 18.6. The van der Waals surface area contributed by atoms with E-state index < -0.39 is 12.2 Å². The molecule has 27 heavy (non-hydrogen) atoms. The van der Waals surface area contributed by atoms with E-state index in [1.54, 1.807) is 18.2 Å². The largest absolute Gasteiger partial charge is 0.365 e. The standard InChI is InChI=1S/C19H29FN6O/c20-15-8-4-5-9-16(15)21-18-17(22-24-23-18)19(27)26-12-10-25(11-13-26)14-6-2-1-3-7-14/h4-5,8-9,14,17-18,21-24H,1-3,6-7,10-13H2. The molecule has 3 fully saturated rings. The number of hydrogen-bond donors (Lipinski definition) is 4. The van der Waals surface area contributed by atoms with Crippen molar-refractivity contribution in [1.82, 2.24) is 26.2 Å². The van der Waals surface area contributed by atoms with Gasteiger partial charge in [-0.1, -0.05) is 31.4 Å². The van der Waals surface area contributed by atoms with Gasteiger partial charge in [0.05, 0.1) is 5.69 Å². The molecule has 2 unspecified atom stereocenters. The number of para-hydroxylation sites is 1. The number of amides is 1. The highest BCUT2D eigenvalue weighted by Gasteiger charge is 2.37. The molecule has 2 atom stereocenters. The summed E-state index contributed by atoms with van der Waals surface area (Å²) in [6, 6.07) is 6.68. The van der Waals surface area contributed by atoms with Crippen molar-refractivity contribution in [3.8, 4) is 0 Å². The minimum absolute atomic E-state index is 0.0321. The molecule has 0 spiro atoms. The summed E-state index contributed by atoms with van der Waals surface area (Å²) in [6.45, 7) is 3.38. The molecule has 1 aromatic carbocycles. The summed E-state index contributed by atoms with van der Waals surface area (Å²) in [6.07, 6.45) is 6.18. The van der Waals surface area contributed by atoms with Crippen molar-refractivity contribution in [1.29, 1.82) is 0 Å². The third-order valence-electron chi connectivity index (χ3n) is 5.96. The van der Waals surface area contributed by atoms with Crippen molar-refractivity contribution in [3.63, 3.8) is 0 Å². The summed E-state index contributed by atoms with van der Waals surface area (Å²) >= 11 is 0. The van der Waals surface area contributed by atoms with E-state index in [9.17, 15) is 9.18 Å². The van der Waals surface area contributed by atoms with Crippen LogP contribution < -0.4 is 21.7 Å². The number of carbonyl (C=O) groups is 1. The molecule has 4 N–H and O–H groups in total. The van der Waals surface area contributed by atoms with Gasteiger partial charge in [0, 0.05) is 32.2 Å². The summed E-state index contributed by atoms with van der Waals surface area (Å²) in [7, 11) is 0. The van der Waals surface area contributed by atoms with Crippen LogP contribution in [0, 0.1) is 5.82 Å². The monoisotopic (exact) mass is 376 g/mol. The average molecular weight is 376 g/mol. The molecule has 2 saturated heterocycles. The van der Waals surface area contributed by atoms with Gasteiger partial charge in [0.2, 0.25) is 5.91 Å². The second kappa shape index (κ2) is 8.52. The van der Waals surface area contributed by atoms with Gasteiger partial charge in [0.1, 0.15) is 18.0 Å². The van der Waals surface area contributed by atoms with E-state index in [2.05, 4.69) is 26.6 Å². The highest BCUT2D eigenvalue weighted by Crippen LogP contribution is 2.24. The molecule has 1 saturated carbocycles. The number of rotatable bonds is 4. The van der Waals surface area contributed by atoms with Gasteiger partial charge in [-0.25, -0.2) is 15.2 Å². The van der Waals surface area contributed by atoms with E-state index in [1.807, 2.05) is 4.90 Å². The Balaban J connectivity index is 1.33. The maximum atomic E-state index is 13.9. The Bertz CT molecular complexity index is 645. The van der Waals surface area contributed by atoms with Crippen LogP contribution in [0.1, 0.15) is 32.1 Å². The number of nitrogens with one attached hydrogen (secondary N) is 4. The van der Waals surface area contributed by atoms with Crippen LogP contribution in [0.2, 0.25) is 0 Å². The van der Waals surface area contributed by atoms with E-state index >= 15 is 0 Å². The van der Waals surface area contributed by atoms with Crippen LogP contribution in [0.25, 0.3) is 0 Å². The average Bonchev–Trinajstić information content (AvgIpc) is 3.18. The second-order valence-corrected chi connectivity index (χ2v) is 7.65. The molecule has 1 aromatic rings. The lowest BCUT2D eigenvalue weighted by molar-refractivity contribution is -0.135. The Morgan fingerprint density at radius 1 is 1.04 bits per heavy atom. The third kappa shape index (κ3) is 4.24. The SMILES string of the molecule is O=C(C1NNNC1Nc1ccccc1F)N1CCN(C2CCCCC2)CC1. The minimum Gasteiger partial charge on any atom is -0.365 e. The molecule has 148 valence electrons. The molecule has 2 heterocycles. The first-order valence-corrected chi connectivity index (χ1v) is 10.0. The molecule has 0 aromatic heterocycles. The van der Waals surface area contributed by atoms with Crippen LogP contribution in [0.4, 0.5) is 10.1 Å². The van der Waals surface area contributed by atoms with Gasteiger partial charge >= 0.3 is 0 Å². The molecular formula is C19H29FN6O. The number of halogens is 1. The number of benzene rings is 1. The first-order chi connectivity index (χ1) is 13.2. The fraction of sp³-hybridized carbons (Fsp3) is 0.632. The number of nitrogens with zero attached hydrogens (tertiary/aromatic N) is 2. The van der Waals surface area contributed by atoms with Gasteiger partial charge in [-0.05, 0) is 25.0 Å². The van der Waals surface area contributed by atoms with Crippen LogP contribution in [0.3, 0.4) is 0 Å². The lowest BCUT2D eigenvalue weighted by Crippen LogP contribution is -2.58. The zero-order valence-corrected chi connectivity index (χ0v) is 15.6. The Labute approximate surface area is 159 Å². The lowest BCUT2D eigenvalue weighted by Gasteiger charge is -2.41. The van der Waals surface area contributed by atoms with Crippen LogP contribution >= 0.6 is 0 Å². The maximum absolute atomic E-state index is 13.9. The normalized spacial score (nSPS) is 27.7. The summed E-state index contributed by atoms with van der Waals surface area (Å²) in [5.41, 5.74) is 9.11. The molecule has 8 heteroatoms. The quantitative estimate of drug-likeness (QED) is 0.629. The minimum atomic E-state index is -0.495. The van der Waals surface area contributed by atoms with Crippen molar-refractivity contribution in [2.75, 3.05) is 31.5 Å². The Morgan fingerprint density at radius 3 is 2.52 bits per heavy atom. The van der Waals surface area contributed by atoms with Crippen molar-refractivity contribution < 1.29 is 9.18 Å². The summed E-state index contributed by atoms with van der Waals surface area (Å²) in [5.74, 6) is -0.303. The van der Waals surface area contributed by atoms with Crippen molar-refractivity contribution in [3.05, 3.63) is 30.1 Å². The Morgan fingerprint density at radius 2 is 1.78 bits per heavy atom. The van der Waals surface area contributed by atoms with Gasteiger partial charge < -0.3 is 10.2 Å². The van der Waals surface area contributed by atoms with Gasteiger partial charge in [-0.3, -0.25) is 9.69 Å². The molecule has 1 aliphatic carbocycles. The predicted molar refractivity (Wildman–Crippen MR) is 102 cm³/mol. The maximum Gasteiger partial charge on any atom is 0.244 e. The van der Waals surface area contributed by atoms with Crippen molar-refractivity contribution in [2.24, 2.45) is 0 Å². The molecular weight excluding hydrogens is 347 g/mol. The number of hydrazine groups is 2. The van der Waals surface area contributed by atoms with Crippen molar-refractivity contribution >= 4 is 11.6 Å². The van der Waals surface area contributed by atoms with Gasteiger partial charge in [-0.15, -0.1) is 0 Å². The van der Waals surface area contributed by atoms with Crippen LogP contribution in [0.15, 0.2) is 24.3 Å². The number of piperazine rings is 1. The topological polar surface area (TPSA) is 71.7 Å². The third-order valence-corrected chi connectivity index (χ3v) is 5.96. The van der Waals surface area contributed by atoms with Crippen molar-refractivity contribution in [2.45, 2.75) is 50.4 Å². The molecule has 0 bridgehead atoms. The molecule has 3 aliphatic rings. The fourth-order valence-corrected chi connectivity index (χ4v) is 4.38. The van der Waals surface area contributed by atoms with Gasteiger partial charge in [-0.2, -0.15) is 5.53 Å². The lowest BCUT2D eigenvalue weighted by atomic mass is 9.94. The van der Waals surface area contributed by atoms with Gasteiger partial charge in [0.25, 0.3) is 0 Å². The van der Waals surface area contributed by atoms with Gasteiger partial charge in [0.15, 0.2) is 0 Å². The molecule has 2 aliphatic heterocycles. The summed E-state index contributed by atoms with van der Waals surface area (Å²) in [5, 5.41) is 3.07. The Hall–Kier alpha value is -1.74. The second-order valence-electron chi connectivity index (χ2n) is 7.65. The van der Waals surface area contributed by atoms with E-state index in [0.29, 0.717) is 11.7 Å². The molecule has 1 amide bonds. The van der Waals surface area contributed by atoms with E-state index in [-0.39, 0.29) is 11.7 Å². The number of carbonyl (C=O) groups excluding carboxylic acids is 1. The van der Waals surface area contributed by atoms with E-state index in [4.69, 9.17) is 0 Å². The predicted octanol–water partition coefficient (Wildman–Crippen LogP) is 1.02. The zero-order chi connectivity index (χ0) is 18.6. The summed E-state index contributed by atoms with van der Waals surface area (Å²) < 4.78 is 13.9. The number of hydrogen-bond acceptors (Lipinski definition) is 6. The zero-order valence-electron chi connectivity index (χ0n) is 15.6. The van der Waals surface area contributed by atoms with Crippen LogP contribution in [0.5, 0.6) is 0 Å². The van der Waals surface area contributed by atoms with E-state index in [0.717, 1.165) is 26.2 Å². The first-order valence-electron chi connectivity index (χ1n) is 10.0. The smallest absolute Gasteiger partial charge is 0.244 e. The van der Waals surface area contributed by atoms with Crippen LogP contribution in [-0.4, -0.2) is 60.1 Å². The molecule has 4 rings (SSSR count). The summed E-state index contributed by atoms with van der Waals surface area (Å²) in [4.78, 5) is 17.5. The molecule has 7 nitrogen and oxygen atoms in total.